The largest absolute Gasteiger partial charge is 0.456 e. The van der Waals surface area contributed by atoms with Gasteiger partial charge in [0.25, 0.3) is 0 Å². The molecule has 0 saturated carbocycles. The highest BCUT2D eigenvalue weighted by molar-refractivity contribution is 6.06. The molecule has 1 aromatic heterocycles. The number of anilines is 3. The van der Waals surface area contributed by atoms with E-state index in [4.69, 9.17) is 4.42 Å². The van der Waals surface area contributed by atoms with Gasteiger partial charge in [0.2, 0.25) is 0 Å². The van der Waals surface area contributed by atoms with Crippen LogP contribution in [0.25, 0.3) is 77.6 Å². The fourth-order valence-electron chi connectivity index (χ4n) is 8.03. The molecule has 264 valence electrons. The standard InChI is InChI=1S/C54H37NO/c1-3-15-39(16-4-1)45-19-7-9-21-47(45)49-23-11-12-24-50(49)48-22-10-8-20-46(48)40-29-34-44(35-30-40)55(42-17-5-2-6-18-42)43-32-27-38(28-33-43)41-31-36-54-52(37-41)51-25-13-14-26-53(51)56-54/h1-37H. The fourth-order valence-corrected chi connectivity index (χ4v) is 8.03. The van der Waals surface area contributed by atoms with Crippen molar-refractivity contribution in [2.24, 2.45) is 0 Å². The van der Waals surface area contributed by atoms with Gasteiger partial charge >= 0.3 is 0 Å². The molecule has 0 bridgehead atoms. The van der Waals surface area contributed by atoms with Gasteiger partial charge in [0.1, 0.15) is 11.2 Å². The molecule has 0 radical (unpaired) electrons. The van der Waals surface area contributed by atoms with Crippen LogP contribution in [-0.2, 0) is 0 Å². The SMILES string of the molecule is c1ccc(-c2ccccc2-c2ccccc2-c2ccccc2-c2ccc(N(c3ccccc3)c3ccc(-c4ccc5oc6ccccc6c5c4)cc3)cc2)cc1. The van der Waals surface area contributed by atoms with Gasteiger partial charge in [0.05, 0.1) is 0 Å². The molecule has 0 aliphatic heterocycles. The van der Waals surface area contributed by atoms with Crippen LogP contribution in [0.4, 0.5) is 17.1 Å². The van der Waals surface area contributed by atoms with Crippen molar-refractivity contribution >= 4 is 39.0 Å². The lowest BCUT2D eigenvalue weighted by atomic mass is 9.87. The van der Waals surface area contributed by atoms with E-state index in [1.165, 1.54) is 44.5 Å². The van der Waals surface area contributed by atoms with Crippen molar-refractivity contribution in [3.8, 4) is 55.6 Å². The summed E-state index contributed by atoms with van der Waals surface area (Å²) in [7, 11) is 0. The summed E-state index contributed by atoms with van der Waals surface area (Å²) in [6.45, 7) is 0. The summed E-state index contributed by atoms with van der Waals surface area (Å²) in [6.07, 6.45) is 0. The Kier molecular flexibility index (Phi) is 8.55. The Balaban J connectivity index is 1.00. The van der Waals surface area contributed by atoms with Crippen molar-refractivity contribution in [3.63, 3.8) is 0 Å². The molecule has 0 amide bonds. The molecule has 2 heteroatoms. The van der Waals surface area contributed by atoms with E-state index in [0.29, 0.717) is 0 Å². The van der Waals surface area contributed by atoms with E-state index in [0.717, 1.165) is 50.1 Å². The molecule has 0 unspecified atom stereocenters. The lowest BCUT2D eigenvalue weighted by molar-refractivity contribution is 0.669. The van der Waals surface area contributed by atoms with E-state index in [-0.39, 0.29) is 0 Å². The monoisotopic (exact) mass is 715 g/mol. The van der Waals surface area contributed by atoms with Crippen LogP contribution in [0, 0.1) is 0 Å². The lowest BCUT2D eigenvalue weighted by Gasteiger charge is -2.26. The zero-order valence-electron chi connectivity index (χ0n) is 30.7. The van der Waals surface area contributed by atoms with Gasteiger partial charge in [-0.2, -0.15) is 0 Å². The summed E-state index contributed by atoms with van der Waals surface area (Å²) in [4.78, 5) is 2.32. The van der Waals surface area contributed by atoms with Crippen molar-refractivity contribution in [1.29, 1.82) is 0 Å². The average molecular weight is 716 g/mol. The van der Waals surface area contributed by atoms with Crippen molar-refractivity contribution in [2.75, 3.05) is 4.90 Å². The molecular weight excluding hydrogens is 679 g/mol. The van der Waals surface area contributed by atoms with Crippen molar-refractivity contribution in [2.45, 2.75) is 0 Å². The molecule has 0 atom stereocenters. The molecule has 0 N–H and O–H groups in total. The highest BCUT2D eigenvalue weighted by atomic mass is 16.3. The normalized spacial score (nSPS) is 11.2. The van der Waals surface area contributed by atoms with Gasteiger partial charge in [0, 0.05) is 27.8 Å². The second-order valence-electron chi connectivity index (χ2n) is 14.1. The molecule has 2 nitrogen and oxygen atoms in total. The summed E-state index contributed by atoms with van der Waals surface area (Å²) < 4.78 is 6.09. The molecule has 0 spiro atoms. The predicted molar refractivity (Wildman–Crippen MR) is 236 cm³/mol. The second kappa shape index (κ2) is 14.4. The van der Waals surface area contributed by atoms with Crippen LogP contribution < -0.4 is 4.90 Å². The number of fused-ring (bicyclic) bond motifs is 3. The Hall–Kier alpha value is -7.42. The molecule has 10 aromatic rings. The summed E-state index contributed by atoms with van der Waals surface area (Å²) in [5.74, 6) is 0. The van der Waals surface area contributed by atoms with Crippen LogP contribution >= 0.6 is 0 Å². The summed E-state index contributed by atoms with van der Waals surface area (Å²) in [5.41, 5.74) is 17.1. The minimum absolute atomic E-state index is 0.908. The van der Waals surface area contributed by atoms with Crippen molar-refractivity contribution < 1.29 is 4.42 Å². The van der Waals surface area contributed by atoms with Crippen LogP contribution in [0.15, 0.2) is 229 Å². The zero-order valence-corrected chi connectivity index (χ0v) is 30.7. The average Bonchev–Trinajstić information content (AvgIpc) is 3.66. The third-order valence-electron chi connectivity index (χ3n) is 10.7. The molecule has 0 aliphatic rings. The summed E-state index contributed by atoms with van der Waals surface area (Å²) in [5, 5.41) is 2.27. The topological polar surface area (TPSA) is 16.4 Å². The Labute approximate surface area is 327 Å². The van der Waals surface area contributed by atoms with E-state index in [2.05, 4.69) is 217 Å². The van der Waals surface area contributed by atoms with Gasteiger partial charge in [-0.05, 0) is 110 Å². The molecule has 0 aliphatic carbocycles. The highest BCUT2D eigenvalue weighted by Gasteiger charge is 2.17. The second-order valence-corrected chi connectivity index (χ2v) is 14.1. The molecule has 9 aromatic carbocycles. The van der Waals surface area contributed by atoms with Crippen LogP contribution in [0.1, 0.15) is 0 Å². The zero-order chi connectivity index (χ0) is 37.3. The third kappa shape index (κ3) is 6.14. The number of rotatable bonds is 8. The van der Waals surface area contributed by atoms with Crippen LogP contribution in [-0.4, -0.2) is 0 Å². The molecule has 1 heterocycles. The Bertz CT molecular complexity index is 2940. The van der Waals surface area contributed by atoms with Crippen LogP contribution in [0.2, 0.25) is 0 Å². The lowest BCUT2D eigenvalue weighted by Crippen LogP contribution is -2.09. The molecule has 10 rings (SSSR count). The number of benzene rings is 9. The Morgan fingerprint density at radius 1 is 0.250 bits per heavy atom. The predicted octanol–water partition coefficient (Wildman–Crippen LogP) is 15.4. The molecule has 56 heavy (non-hydrogen) atoms. The third-order valence-corrected chi connectivity index (χ3v) is 10.7. The number of hydrogen-bond acceptors (Lipinski definition) is 2. The first-order valence-electron chi connectivity index (χ1n) is 19.1. The van der Waals surface area contributed by atoms with E-state index in [9.17, 15) is 0 Å². The van der Waals surface area contributed by atoms with E-state index in [1.807, 2.05) is 12.1 Å². The first-order chi connectivity index (χ1) is 27.8. The maximum absolute atomic E-state index is 6.09. The number of nitrogens with zero attached hydrogens (tertiary/aromatic N) is 1. The maximum atomic E-state index is 6.09. The fraction of sp³-hybridized carbons (Fsp3) is 0. The number of para-hydroxylation sites is 2. The molecule has 0 saturated heterocycles. The Morgan fingerprint density at radius 3 is 1.23 bits per heavy atom. The molecular formula is C54H37NO. The number of hydrogen-bond donors (Lipinski definition) is 0. The smallest absolute Gasteiger partial charge is 0.135 e. The Morgan fingerprint density at radius 2 is 0.643 bits per heavy atom. The van der Waals surface area contributed by atoms with Crippen molar-refractivity contribution in [1.82, 2.24) is 0 Å². The highest BCUT2D eigenvalue weighted by Crippen LogP contribution is 2.43. The van der Waals surface area contributed by atoms with Gasteiger partial charge in [-0.15, -0.1) is 0 Å². The van der Waals surface area contributed by atoms with Crippen molar-refractivity contribution in [3.05, 3.63) is 224 Å². The van der Waals surface area contributed by atoms with Gasteiger partial charge < -0.3 is 9.32 Å². The van der Waals surface area contributed by atoms with E-state index >= 15 is 0 Å². The minimum atomic E-state index is 0.908. The first kappa shape index (κ1) is 33.2. The van der Waals surface area contributed by atoms with Crippen LogP contribution in [0.3, 0.4) is 0 Å². The van der Waals surface area contributed by atoms with Gasteiger partial charge in [0.15, 0.2) is 0 Å². The van der Waals surface area contributed by atoms with Gasteiger partial charge in [-0.25, -0.2) is 0 Å². The number of furan rings is 1. The summed E-state index contributed by atoms with van der Waals surface area (Å²) in [6, 6.07) is 80.1. The van der Waals surface area contributed by atoms with E-state index < -0.39 is 0 Å². The minimum Gasteiger partial charge on any atom is -0.456 e. The van der Waals surface area contributed by atoms with Gasteiger partial charge in [-0.3, -0.25) is 0 Å². The quantitative estimate of drug-likeness (QED) is 0.156. The first-order valence-corrected chi connectivity index (χ1v) is 19.1. The maximum Gasteiger partial charge on any atom is 0.135 e. The van der Waals surface area contributed by atoms with Crippen LogP contribution in [0.5, 0.6) is 0 Å². The summed E-state index contributed by atoms with van der Waals surface area (Å²) >= 11 is 0. The molecule has 0 fully saturated rings. The van der Waals surface area contributed by atoms with E-state index in [1.54, 1.807) is 0 Å². The van der Waals surface area contributed by atoms with Gasteiger partial charge in [-0.1, -0.05) is 170 Å².